The van der Waals surface area contributed by atoms with E-state index in [-0.39, 0.29) is 32.0 Å². The predicted octanol–water partition coefficient (Wildman–Crippen LogP) is 0.974. The smallest absolute Gasteiger partial charge is 0.307 e. The van der Waals surface area contributed by atoms with E-state index in [2.05, 4.69) is 0 Å². The van der Waals surface area contributed by atoms with Crippen LogP contribution in [0.5, 0.6) is 11.5 Å². The van der Waals surface area contributed by atoms with E-state index in [0.29, 0.717) is 11.5 Å². The van der Waals surface area contributed by atoms with Crippen LogP contribution in [0.3, 0.4) is 0 Å². The summed E-state index contributed by atoms with van der Waals surface area (Å²) in [6, 6.07) is 6.92. The number of carbonyl (C=O) groups is 1. The lowest BCUT2D eigenvalue weighted by Crippen LogP contribution is -2.31. The first-order chi connectivity index (χ1) is 9.90. The number of halogens is 1. The van der Waals surface area contributed by atoms with Gasteiger partial charge in [-0.05, 0) is 24.3 Å². The molecule has 1 aliphatic heterocycles. The first-order valence-electron chi connectivity index (χ1n) is 6.38. The van der Waals surface area contributed by atoms with Crippen molar-refractivity contribution in [2.45, 2.75) is 11.7 Å². The van der Waals surface area contributed by atoms with Gasteiger partial charge in [-0.1, -0.05) is 0 Å². The van der Waals surface area contributed by atoms with Gasteiger partial charge in [-0.15, -0.1) is 3.89 Å². The third-order valence-corrected chi connectivity index (χ3v) is 4.38. The standard InChI is InChI=1S/C13H16FNO5S/c1-19-10-2-4-11(5-3-10)20-7-6-15-9-12(8-13(15)16)21(14,17)18/h2-5,12H,6-9H2,1H3. The van der Waals surface area contributed by atoms with E-state index in [1.165, 1.54) is 4.90 Å². The minimum atomic E-state index is -4.67. The molecule has 1 aromatic rings. The highest BCUT2D eigenvalue weighted by Crippen LogP contribution is 2.20. The van der Waals surface area contributed by atoms with Crippen molar-refractivity contribution in [1.29, 1.82) is 0 Å². The molecule has 2 rings (SSSR count). The maximum atomic E-state index is 12.8. The molecule has 0 radical (unpaired) electrons. The van der Waals surface area contributed by atoms with E-state index in [1.807, 2.05) is 0 Å². The second-order valence-corrected chi connectivity index (χ2v) is 6.28. The molecule has 1 unspecified atom stereocenters. The summed E-state index contributed by atoms with van der Waals surface area (Å²) in [4.78, 5) is 12.9. The summed E-state index contributed by atoms with van der Waals surface area (Å²) in [6.07, 6.45) is -0.304. The Morgan fingerprint density at radius 1 is 1.29 bits per heavy atom. The van der Waals surface area contributed by atoms with Crippen LogP contribution in [0.1, 0.15) is 6.42 Å². The third kappa shape index (κ3) is 4.07. The molecule has 0 bridgehead atoms. The Kier molecular flexibility index (Phi) is 4.66. The van der Waals surface area contributed by atoms with Crippen LogP contribution in [0, 0.1) is 0 Å². The number of carbonyl (C=O) groups excluding carboxylic acids is 1. The van der Waals surface area contributed by atoms with Crippen LogP contribution in [0.15, 0.2) is 24.3 Å². The average molecular weight is 317 g/mol. The number of hydrogen-bond donors (Lipinski definition) is 0. The molecule has 21 heavy (non-hydrogen) atoms. The van der Waals surface area contributed by atoms with Gasteiger partial charge >= 0.3 is 10.2 Å². The van der Waals surface area contributed by atoms with E-state index >= 15 is 0 Å². The number of hydrogen-bond acceptors (Lipinski definition) is 5. The van der Waals surface area contributed by atoms with Crippen LogP contribution in [0.4, 0.5) is 3.89 Å². The monoisotopic (exact) mass is 317 g/mol. The number of benzene rings is 1. The Hall–Kier alpha value is -1.83. The van der Waals surface area contributed by atoms with Gasteiger partial charge in [0.2, 0.25) is 5.91 Å². The lowest BCUT2D eigenvalue weighted by molar-refractivity contribution is -0.128. The van der Waals surface area contributed by atoms with Crippen molar-refractivity contribution < 1.29 is 26.6 Å². The third-order valence-electron chi connectivity index (χ3n) is 3.27. The fourth-order valence-corrected chi connectivity index (χ4v) is 2.79. The van der Waals surface area contributed by atoms with E-state index in [4.69, 9.17) is 9.47 Å². The van der Waals surface area contributed by atoms with Crippen LogP contribution in [0.2, 0.25) is 0 Å². The normalized spacial score (nSPS) is 18.9. The molecule has 1 saturated heterocycles. The summed E-state index contributed by atoms with van der Waals surface area (Å²) in [5.74, 6) is 0.935. The Bertz CT molecular complexity index is 601. The van der Waals surface area contributed by atoms with Gasteiger partial charge in [0.05, 0.1) is 13.7 Å². The highest BCUT2D eigenvalue weighted by Gasteiger charge is 2.38. The van der Waals surface area contributed by atoms with Crippen molar-refractivity contribution in [2.24, 2.45) is 0 Å². The Morgan fingerprint density at radius 2 is 1.90 bits per heavy atom. The summed E-state index contributed by atoms with van der Waals surface area (Å²) in [6.45, 7) is 0.303. The zero-order chi connectivity index (χ0) is 15.5. The molecule has 0 N–H and O–H groups in total. The number of rotatable bonds is 6. The van der Waals surface area contributed by atoms with E-state index in [1.54, 1.807) is 31.4 Å². The van der Waals surface area contributed by atoms with Crippen molar-refractivity contribution in [3.8, 4) is 11.5 Å². The summed E-state index contributed by atoms with van der Waals surface area (Å²) in [7, 11) is -3.11. The van der Waals surface area contributed by atoms with Crippen molar-refractivity contribution in [3.05, 3.63) is 24.3 Å². The number of nitrogens with zero attached hydrogens (tertiary/aromatic N) is 1. The number of methoxy groups -OCH3 is 1. The molecule has 0 aliphatic carbocycles. The lowest BCUT2D eigenvalue weighted by Gasteiger charge is -2.16. The Labute approximate surface area is 122 Å². The maximum Gasteiger partial charge on any atom is 0.307 e. The number of ether oxygens (including phenoxy) is 2. The van der Waals surface area contributed by atoms with Crippen LogP contribution in [0.25, 0.3) is 0 Å². The fourth-order valence-electron chi connectivity index (χ4n) is 2.09. The molecule has 1 fully saturated rings. The second kappa shape index (κ2) is 6.30. The summed E-state index contributed by atoms with van der Waals surface area (Å²) in [5, 5.41) is -1.26. The summed E-state index contributed by atoms with van der Waals surface area (Å²) < 4.78 is 44.9. The Balaban J connectivity index is 1.82. The minimum Gasteiger partial charge on any atom is -0.497 e. The SMILES string of the molecule is COc1ccc(OCCN2CC(S(=O)(=O)F)CC2=O)cc1. The molecule has 1 amide bonds. The molecule has 0 aromatic heterocycles. The van der Waals surface area contributed by atoms with Gasteiger partial charge in [0.25, 0.3) is 0 Å². The van der Waals surface area contributed by atoms with Crippen molar-refractivity contribution in [2.75, 3.05) is 26.8 Å². The lowest BCUT2D eigenvalue weighted by atomic mass is 10.3. The topological polar surface area (TPSA) is 72.9 Å². The molecule has 8 heteroatoms. The molecule has 1 atom stereocenters. The zero-order valence-corrected chi connectivity index (χ0v) is 12.3. The number of likely N-dealkylation sites (tertiary alicyclic amines) is 1. The number of amides is 1. The molecular weight excluding hydrogens is 301 g/mol. The predicted molar refractivity (Wildman–Crippen MR) is 73.5 cm³/mol. The first kappa shape index (κ1) is 15.6. The Morgan fingerprint density at radius 3 is 2.43 bits per heavy atom. The molecule has 1 aliphatic rings. The summed E-state index contributed by atoms with van der Waals surface area (Å²) >= 11 is 0. The highest BCUT2D eigenvalue weighted by atomic mass is 32.3. The van der Waals surface area contributed by atoms with Gasteiger partial charge in [-0.25, -0.2) is 0 Å². The summed E-state index contributed by atoms with van der Waals surface area (Å²) in [5.41, 5.74) is 0. The quantitative estimate of drug-likeness (QED) is 0.731. The van der Waals surface area contributed by atoms with E-state index < -0.39 is 15.5 Å². The van der Waals surface area contributed by atoms with Crippen molar-refractivity contribution >= 4 is 16.1 Å². The largest absolute Gasteiger partial charge is 0.497 e. The second-order valence-electron chi connectivity index (χ2n) is 4.67. The maximum absolute atomic E-state index is 12.8. The van der Waals surface area contributed by atoms with E-state index in [0.717, 1.165) is 0 Å². The first-order valence-corrected chi connectivity index (χ1v) is 7.83. The van der Waals surface area contributed by atoms with Crippen LogP contribution >= 0.6 is 0 Å². The molecule has 1 aromatic carbocycles. The fraction of sp³-hybridized carbons (Fsp3) is 0.462. The van der Waals surface area contributed by atoms with Gasteiger partial charge in [0, 0.05) is 13.0 Å². The highest BCUT2D eigenvalue weighted by molar-refractivity contribution is 7.87. The van der Waals surface area contributed by atoms with E-state index in [9.17, 15) is 17.1 Å². The van der Waals surface area contributed by atoms with Crippen molar-refractivity contribution in [3.63, 3.8) is 0 Å². The molecular formula is C13H16FNO5S. The van der Waals surface area contributed by atoms with Gasteiger partial charge in [-0.2, -0.15) is 8.42 Å². The minimum absolute atomic E-state index is 0.121. The van der Waals surface area contributed by atoms with Gasteiger partial charge in [0.15, 0.2) is 0 Å². The van der Waals surface area contributed by atoms with Crippen molar-refractivity contribution in [1.82, 2.24) is 4.90 Å². The van der Waals surface area contributed by atoms with Crippen LogP contribution < -0.4 is 9.47 Å². The van der Waals surface area contributed by atoms with Gasteiger partial charge < -0.3 is 14.4 Å². The van der Waals surface area contributed by atoms with Gasteiger partial charge in [0.1, 0.15) is 23.4 Å². The zero-order valence-electron chi connectivity index (χ0n) is 11.5. The molecule has 6 nitrogen and oxygen atoms in total. The molecule has 116 valence electrons. The molecule has 0 spiro atoms. The molecule has 0 saturated carbocycles. The average Bonchev–Trinajstić information content (AvgIpc) is 2.81. The van der Waals surface area contributed by atoms with Gasteiger partial charge in [-0.3, -0.25) is 4.79 Å². The molecule has 1 heterocycles. The van der Waals surface area contributed by atoms with Crippen LogP contribution in [-0.2, 0) is 15.0 Å². The van der Waals surface area contributed by atoms with Crippen LogP contribution in [-0.4, -0.2) is 51.3 Å².